The summed E-state index contributed by atoms with van der Waals surface area (Å²) in [4.78, 5) is 10.8. The van der Waals surface area contributed by atoms with Gasteiger partial charge in [-0.3, -0.25) is 0 Å². The second-order valence-electron chi connectivity index (χ2n) is 4.38. The number of carboxylic acids is 1. The van der Waals surface area contributed by atoms with Crippen LogP contribution < -0.4 is 0 Å². The normalized spacial score (nSPS) is 10.4. The van der Waals surface area contributed by atoms with Crippen LogP contribution in [-0.2, 0) is 0 Å². The number of aromatic carboxylic acids is 1. The van der Waals surface area contributed by atoms with E-state index >= 15 is 0 Å². The molecule has 0 aliphatic rings. The number of aromatic nitrogens is 2. The second-order valence-corrected chi connectivity index (χ2v) is 4.38. The van der Waals surface area contributed by atoms with Gasteiger partial charge in [-0.15, -0.1) is 0 Å². The first-order chi connectivity index (χ1) is 9.74. The summed E-state index contributed by atoms with van der Waals surface area (Å²) in [6.07, 6.45) is 3.62. The number of carbonyl (C=O) groups is 1. The van der Waals surface area contributed by atoms with Gasteiger partial charge in [0.05, 0.1) is 11.3 Å². The van der Waals surface area contributed by atoms with Gasteiger partial charge in [0, 0.05) is 12.4 Å². The Morgan fingerprint density at radius 2 is 1.55 bits per heavy atom. The lowest BCUT2D eigenvalue weighted by atomic mass is 10.0. The van der Waals surface area contributed by atoms with E-state index in [2.05, 4.69) is 5.10 Å². The average molecular weight is 264 g/mol. The summed E-state index contributed by atoms with van der Waals surface area (Å²) in [5.74, 6) is -0.911. The number of nitrogens with zero attached hydrogens (tertiary/aromatic N) is 2. The molecular weight excluding hydrogens is 252 g/mol. The molecule has 2 aromatic carbocycles. The maximum absolute atomic E-state index is 10.8. The zero-order chi connectivity index (χ0) is 13.9. The zero-order valence-electron chi connectivity index (χ0n) is 10.6. The number of hydrogen-bond acceptors (Lipinski definition) is 2. The van der Waals surface area contributed by atoms with E-state index in [1.807, 2.05) is 48.7 Å². The van der Waals surface area contributed by atoms with Crippen LogP contribution >= 0.6 is 0 Å². The van der Waals surface area contributed by atoms with Crippen LogP contribution in [-0.4, -0.2) is 20.9 Å². The molecule has 98 valence electrons. The van der Waals surface area contributed by atoms with Crippen molar-refractivity contribution in [1.82, 2.24) is 9.78 Å². The summed E-state index contributed by atoms with van der Waals surface area (Å²) in [5, 5.41) is 13.0. The van der Waals surface area contributed by atoms with Gasteiger partial charge in [0.1, 0.15) is 0 Å². The average Bonchev–Trinajstić information content (AvgIpc) is 3.02. The standard InChI is InChI=1S/C16H12N2O2/c19-16(20)14-4-2-12(3-5-14)13-6-8-15(9-7-13)18-11-1-10-17-18/h1-11H,(H,19,20). The molecule has 0 radical (unpaired) electrons. The number of hydrogen-bond donors (Lipinski definition) is 1. The molecule has 0 saturated carbocycles. The molecule has 1 aromatic heterocycles. The molecule has 0 aliphatic carbocycles. The molecule has 4 nitrogen and oxygen atoms in total. The fraction of sp³-hybridized carbons (Fsp3) is 0. The summed E-state index contributed by atoms with van der Waals surface area (Å²) in [6, 6.07) is 16.7. The Labute approximate surface area is 115 Å². The van der Waals surface area contributed by atoms with Gasteiger partial charge in [0.15, 0.2) is 0 Å². The summed E-state index contributed by atoms with van der Waals surface area (Å²) in [7, 11) is 0. The lowest BCUT2D eigenvalue weighted by molar-refractivity contribution is 0.0697. The minimum Gasteiger partial charge on any atom is -0.478 e. The van der Waals surface area contributed by atoms with Crippen molar-refractivity contribution in [3.8, 4) is 16.8 Å². The molecule has 0 fully saturated rings. The molecule has 0 bridgehead atoms. The highest BCUT2D eigenvalue weighted by atomic mass is 16.4. The van der Waals surface area contributed by atoms with Gasteiger partial charge in [0.25, 0.3) is 0 Å². The molecule has 0 unspecified atom stereocenters. The van der Waals surface area contributed by atoms with Gasteiger partial charge in [-0.1, -0.05) is 24.3 Å². The van der Waals surface area contributed by atoms with E-state index in [9.17, 15) is 4.79 Å². The van der Waals surface area contributed by atoms with Crippen molar-refractivity contribution in [2.45, 2.75) is 0 Å². The fourth-order valence-corrected chi connectivity index (χ4v) is 2.03. The molecule has 3 rings (SSSR count). The van der Waals surface area contributed by atoms with E-state index in [1.165, 1.54) is 0 Å². The topological polar surface area (TPSA) is 55.1 Å². The maximum atomic E-state index is 10.8. The number of benzene rings is 2. The molecule has 0 atom stereocenters. The van der Waals surface area contributed by atoms with Gasteiger partial charge in [0.2, 0.25) is 0 Å². The van der Waals surface area contributed by atoms with Gasteiger partial charge >= 0.3 is 5.97 Å². The van der Waals surface area contributed by atoms with E-state index < -0.39 is 5.97 Å². The third kappa shape index (κ3) is 2.31. The molecule has 0 amide bonds. The van der Waals surface area contributed by atoms with Crippen molar-refractivity contribution in [1.29, 1.82) is 0 Å². The minimum absolute atomic E-state index is 0.293. The van der Waals surface area contributed by atoms with Crippen LogP contribution in [0, 0.1) is 0 Å². The predicted molar refractivity (Wildman–Crippen MR) is 76.0 cm³/mol. The van der Waals surface area contributed by atoms with Gasteiger partial charge < -0.3 is 5.11 Å². The maximum Gasteiger partial charge on any atom is 0.335 e. The van der Waals surface area contributed by atoms with Crippen LogP contribution in [0.4, 0.5) is 0 Å². The largest absolute Gasteiger partial charge is 0.478 e. The van der Waals surface area contributed by atoms with Gasteiger partial charge in [-0.2, -0.15) is 5.10 Å². The second kappa shape index (κ2) is 5.01. The molecule has 0 spiro atoms. The lowest BCUT2D eigenvalue weighted by Crippen LogP contribution is -1.95. The Hall–Kier alpha value is -2.88. The Balaban J connectivity index is 1.89. The highest BCUT2D eigenvalue weighted by molar-refractivity contribution is 5.88. The molecular formula is C16H12N2O2. The van der Waals surface area contributed by atoms with E-state index in [4.69, 9.17) is 5.11 Å². The van der Waals surface area contributed by atoms with Crippen molar-refractivity contribution in [3.63, 3.8) is 0 Å². The minimum atomic E-state index is -0.911. The van der Waals surface area contributed by atoms with Crippen molar-refractivity contribution >= 4 is 5.97 Å². The first-order valence-electron chi connectivity index (χ1n) is 6.18. The smallest absolute Gasteiger partial charge is 0.335 e. The van der Waals surface area contributed by atoms with E-state index in [1.54, 1.807) is 23.0 Å². The van der Waals surface area contributed by atoms with E-state index in [-0.39, 0.29) is 0 Å². The Morgan fingerprint density at radius 3 is 2.05 bits per heavy atom. The summed E-state index contributed by atoms with van der Waals surface area (Å²) < 4.78 is 1.79. The Bertz CT molecular complexity index is 714. The third-order valence-electron chi connectivity index (χ3n) is 3.10. The number of rotatable bonds is 3. The monoisotopic (exact) mass is 264 g/mol. The van der Waals surface area contributed by atoms with Crippen LogP contribution in [0.25, 0.3) is 16.8 Å². The van der Waals surface area contributed by atoms with Crippen molar-refractivity contribution in [2.24, 2.45) is 0 Å². The summed E-state index contributed by atoms with van der Waals surface area (Å²) in [5.41, 5.74) is 3.31. The fourth-order valence-electron chi connectivity index (χ4n) is 2.03. The van der Waals surface area contributed by atoms with Crippen LogP contribution in [0.2, 0.25) is 0 Å². The first-order valence-corrected chi connectivity index (χ1v) is 6.18. The van der Waals surface area contributed by atoms with Crippen molar-refractivity contribution < 1.29 is 9.90 Å². The Morgan fingerprint density at radius 1 is 0.950 bits per heavy atom. The molecule has 1 heterocycles. The summed E-state index contributed by atoms with van der Waals surface area (Å²) >= 11 is 0. The van der Waals surface area contributed by atoms with Crippen LogP contribution in [0.1, 0.15) is 10.4 Å². The van der Waals surface area contributed by atoms with Crippen LogP contribution in [0.5, 0.6) is 0 Å². The molecule has 3 aromatic rings. The molecule has 20 heavy (non-hydrogen) atoms. The van der Waals surface area contributed by atoms with E-state index in [0.29, 0.717) is 5.56 Å². The van der Waals surface area contributed by atoms with Crippen LogP contribution in [0.15, 0.2) is 67.0 Å². The SMILES string of the molecule is O=C(O)c1ccc(-c2ccc(-n3cccn3)cc2)cc1. The molecule has 0 aliphatic heterocycles. The molecule has 4 heteroatoms. The van der Waals surface area contributed by atoms with Crippen molar-refractivity contribution in [3.05, 3.63) is 72.6 Å². The van der Waals surface area contributed by atoms with Gasteiger partial charge in [-0.25, -0.2) is 9.48 Å². The first kappa shape index (κ1) is 12.2. The van der Waals surface area contributed by atoms with E-state index in [0.717, 1.165) is 16.8 Å². The quantitative estimate of drug-likeness (QED) is 0.790. The lowest BCUT2D eigenvalue weighted by Gasteiger charge is -2.05. The number of carboxylic acid groups (broad SMARTS) is 1. The van der Waals surface area contributed by atoms with Crippen molar-refractivity contribution in [2.75, 3.05) is 0 Å². The van der Waals surface area contributed by atoms with Gasteiger partial charge in [-0.05, 0) is 41.5 Å². The highest BCUT2D eigenvalue weighted by Crippen LogP contribution is 2.21. The summed E-state index contributed by atoms with van der Waals surface area (Å²) in [6.45, 7) is 0. The predicted octanol–water partition coefficient (Wildman–Crippen LogP) is 3.24. The third-order valence-corrected chi connectivity index (χ3v) is 3.10. The van der Waals surface area contributed by atoms with Crippen LogP contribution in [0.3, 0.4) is 0 Å². The molecule has 1 N–H and O–H groups in total. The zero-order valence-corrected chi connectivity index (χ0v) is 10.6. The Kier molecular flexibility index (Phi) is 3.05. The molecule has 0 saturated heterocycles. The highest BCUT2D eigenvalue weighted by Gasteiger charge is 2.03.